The van der Waals surface area contributed by atoms with Crippen molar-refractivity contribution in [2.45, 2.75) is 12.0 Å². The fraction of sp³-hybridized carbons (Fsp3) is 0.296. The first kappa shape index (κ1) is 21.0. The highest BCUT2D eigenvalue weighted by Crippen LogP contribution is 2.31. The van der Waals surface area contributed by atoms with Gasteiger partial charge in [0.25, 0.3) is 0 Å². The van der Waals surface area contributed by atoms with Crippen LogP contribution in [0.4, 0.5) is 11.6 Å². The average molecular weight is 454 g/mol. The van der Waals surface area contributed by atoms with Gasteiger partial charge in [-0.2, -0.15) is 5.10 Å². The Hall–Kier alpha value is -3.55. The van der Waals surface area contributed by atoms with Crippen molar-refractivity contribution in [3.63, 3.8) is 0 Å². The van der Waals surface area contributed by atoms with Crippen LogP contribution in [0.25, 0.3) is 10.8 Å². The molecule has 0 spiro atoms. The van der Waals surface area contributed by atoms with Crippen molar-refractivity contribution in [2.24, 2.45) is 0 Å². The number of aliphatic hydroxyl groups is 1. The van der Waals surface area contributed by atoms with Gasteiger partial charge in [-0.1, -0.05) is 60.7 Å². The van der Waals surface area contributed by atoms with Crippen LogP contribution in [0.5, 0.6) is 0 Å². The molecule has 0 saturated carbocycles. The molecule has 2 aliphatic heterocycles. The van der Waals surface area contributed by atoms with Gasteiger partial charge in [0.2, 0.25) is 0 Å². The summed E-state index contributed by atoms with van der Waals surface area (Å²) in [6, 6.07) is 22.8. The Morgan fingerprint density at radius 3 is 2.18 bits per heavy atom. The van der Waals surface area contributed by atoms with Crippen LogP contribution >= 0.6 is 0 Å². The largest absolute Gasteiger partial charge is 0.380 e. The number of pyridine rings is 1. The third kappa shape index (κ3) is 3.87. The number of benzene rings is 2. The van der Waals surface area contributed by atoms with Crippen LogP contribution in [0, 0.1) is 0 Å². The molecule has 34 heavy (non-hydrogen) atoms. The summed E-state index contributed by atoms with van der Waals surface area (Å²) in [5.74, 6) is 1.88. The number of rotatable bonds is 5. The van der Waals surface area contributed by atoms with E-state index in [2.05, 4.69) is 73.5 Å². The lowest BCUT2D eigenvalue weighted by molar-refractivity contribution is -0.184. The molecule has 1 N–H and O–H groups in total. The second kappa shape index (κ2) is 8.66. The second-order valence-electron chi connectivity index (χ2n) is 9.08. The molecule has 2 fully saturated rings. The van der Waals surface area contributed by atoms with E-state index in [1.54, 1.807) is 6.20 Å². The molecule has 4 aromatic rings. The molecule has 4 heterocycles. The first-order valence-electron chi connectivity index (χ1n) is 11.7. The molecule has 0 radical (unpaired) electrons. The van der Waals surface area contributed by atoms with Gasteiger partial charge in [0.1, 0.15) is 11.4 Å². The van der Waals surface area contributed by atoms with Crippen molar-refractivity contribution in [3.05, 3.63) is 89.7 Å². The van der Waals surface area contributed by atoms with Gasteiger partial charge in [-0.05, 0) is 11.6 Å². The van der Waals surface area contributed by atoms with E-state index in [4.69, 9.17) is 4.74 Å². The van der Waals surface area contributed by atoms with E-state index < -0.39 is 5.60 Å². The van der Waals surface area contributed by atoms with Crippen molar-refractivity contribution in [1.29, 1.82) is 0 Å². The quantitative estimate of drug-likeness (QED) is 0.498. The first-order chi connectivity index (χ1) is 16.7. The summed E-state index contributed by atoms with van der Waals surface area (Å²) < 4.78 is 5.16. The van der Waals surface area contributed by atoms with Crippen molar-refractivity contribution in [2.75, 3.05) is 49.2 Å². The van der Waals surface area contributed by atoms with Crippen LogP contribution < -0.4 is 9.80 Å². The number of hydrogen-bond acceptors (Lipinski definition) is 7. The molecule has 172 valence electrons. The number of ether oxygens (including phenoxy) is 1. The maximum atomic E-state index is 10.4. The predicted octanol–water partition coefficient (Wildman–Crippen LogP) is 3.16. The Labute approximate surface area is 198 Å². The predicted molar refractivity (Wildman–Crippen MR) is 132 cm³/mol. The highest BCUT2D eigenvalue weighted by Gasteiger charge is 2.38. The molecule has 7 heteroatoms. The van der Waals surface area contributed by atoms with Gasteiger partial charge >= 0.3 is 0 Å². The van der Waals surface area contributed by atoms with Gasteiger partial charge in [0, 0.05) is 55.1 Å². The Balaban J connectivity index is 1.19. The minimum Gasteiger partial charge on any atom is -0.380 e. The van der Waals surface area contributed by atoms with E-state index in [-0.39, 0.29) is 0 Å². The van der Waals surface area contributed by atoms with E-state index in [1.165, 1.54) is 5.56 Å². The normalized spacial score (nSPS) is 17.6. The molecule has 2 aromatic carbocycles. The van der Waals surface area contributed by atoms with E-state index in [9.17, 15) is 5.11 Å². The molecule has 2 aromatic heterocycles. The highest BCUT2D eigenvalue weighted by atomic mass is 16.5. The third-order valence-electron chi connectivity index (χ3n) is 6.83. The van der Waals surface area contributed by atoms with E-state index in [0.717, 1.165) is 66.3 Å². The molecule has 0 aliphatic carbocycles. The Morgan fingerprint density at radius 2 is 1.50 bits per heavy atom. The van der Waals surface area contributed by atoms with E-state index in [1.807, 2.05) is 18.2 Å². The first-order valence-corrected chi connectivity index (χ1v) is 11.7. The summed E-state index contributed by atoms with van der Waals surface area (Å²) in [4.78, 5) is 9.21. The van der Waals surface area contributed by atoms with Gasteiger partial charge in [-0.15, -0.1) is 5.10 Å². The maximum Gasteiger partial charge on any atom is 0.159 e. The minimum absolute atomic E-state index is 0.339. The summed E-state index contributed by atoms with van der Waals surface area (Å²) in [5, 5.41) is 22.1. The van der Waals surface area contributed by atoms with Crippen LogP contribution in [0.15, 0.2) is 72.9 Å². The van der Waals surface area contributed by atoms with Gasteiger partial charge < -0.3 is 19.6 Å². The summed E-state index contributed by atoms with van der Waals surface area (Å²) in [6.45, 7) is 4.07. The van der Waals surface area contributed by atoms with Crippen molar-refractivity contribution in [1.82, 2.24) is 15.2 Å². The molecule has 2 saturated heterocycles. The van der Waals surface area contributed by atoms with E-state index in [0.29, 0.717) is 13.2 Å². The number of piperazine rings is 1. The monoisotopic (exact) mass is 453 g/mol. The lowest BCUT2D eigenvalue weighted by atomic mass is 9.94. The van der Waals surface area contributed by atoms with Crippen molar-refractivity contribution < 1.29 is 9.84 Å². The lowest BCUT2D eigenvalue weighted by Crippen LogP contribution is -2.48. The van der Waals surface area contributed by atoms with Gasteiger partial charge in [-0.25, -0.2) is 4.98 Å². The topological polar surface area (TPSA) is 74.6 Å². The maximum absolute atomic E-state index is 10.4. The van der Waals surface area contributed by atoms with Crippen molar-refractivity contribution in [3.8, 4) is 0 Å². The molecule has 6 rings (SSSR count). The summed E-state index contributed by atoms with van der Waals surface area (Å²) >= 11 is 0. The number of anilines is 2. The van der Waals surface area contributed by atoms with Crippen LogP contribution in [0.1, 0.15) is 16.8 Å². The van der Waals surface area contributed by atoms with E-state index >= 15 is 0 Å². The fourth-order valence-corrected chi connectivity index (χ4v) is 4.76. The summed E-state index contributed by atoms with van der Waals surface area (Å²) in [5.41, 5.74) is 2.18. The fourth-order valence-electron chi connectivity index (χ4n) is 4.76. The molecular formula is C27H27N5O2. The molecular weight excluding hydrogens is 426 g/mol. The number of hydrogen-bond donors (Lipinski definition) is 1. The molecule has 2 aliphatic rings. The molecule has 7 nitrogen and oxygen atoms in total. The minimum atomic E-state index is -0.878. The second-order valence-corrected chi connectivity index (χ2v) is 9.08. The van der Waals surface area contributed by atoms with Gasteiger partial charge in [0.15, 0.2) is 5.82 Å². The molecule has 0 bridgehead atoms. The zero-order valence-electron chi connectivity index (χ0n) is 19.0. The lowest BCUT2D eigenvalue weighted by Gasteiger charge is -2.38. The zero-order chi connectivity index (χ0) is 23.0. The Kier molecular flexibility index (Phi) is 5.36. The van der Waals surface area contributed by atoms with Gasteiger partial charge in [0.05, 0.1) is 18.9 Å². The SMILES string of the molecule is OC1(c2ccc(N3CCN(c4nnc(Cc5ccccc5)c5ccccc45)CC3)nc2)COC1. The zero-order valence-corrected chi connectivity index (χ0v) is 19.0. The van der Waals surface area contributed by atoms with Crippen LogP contribution in [0.3, 0.4) is 0 Å². The Bertz CT molecular complexity index is 1280. The highest BCUT2D eigenvalue weighted by molar-refractivity contribution is 5.93. The van der Waals surface area contributed by atoms with Crippen molar-refractivity contribution >= 4 is 22.4 Å². The molecule has 0 unspecified atom stereocenters. The average Bonchev–Trinajstić information content (AvgIpc) is 2.88. The number of nitrogens with zero attached hydrogens (tertiary/aromatic N) is 5. The standard InChI is InChI=1S/C27H27N5O2/c33-27(18-34-19-27)21-10-11-25(28-17-21)31-12-14-32(15-13-31)26-23-9-5-4-8-22(23)24(29-30-26)16-20-6-2-1-3-7-20/h1-11,17,33H,12-16,18-19H2. The third-order valence-corrected chi connectivity index (χ3v) is 6.83. The van der Waals surface area contributed by atoms with Crippen LogP contribution in [-0.4, -0.2) is 59.7 Å². The van der Waals surface area contributed by atoms with Gasteiger partial charge in [-0.3, -0.25) is 0 Å². The van der Waals surface area contributed by atoms with Crippen LogP contribution in [0.2, 0.25) is 0 Å². The molecule has 0 atom stereocenters. The number of fused-ring (bicyclic) bond motifs is 1. The van der Waals surface area contributed by atoms with Crippen LogP contribution in [-0.2, 0) is 16.8 Å². The summed E-state index contributed by atoms with van der Waals surface area (Å²) in [7, 11) is 0. The molecule has 0 amide bonds. The smallest absolute Gasteiger partial charge is 0.159 e. The summed E-state index contributed by atoms with van der Waals surface area (Å²) in [6.07, 6.45) is 2.54. The number of aromatic nitrogens is 3. The Morgan fingerprint density at radius 1 is 0.794 bits per heavy atom.